The monoisotopic (exact) mass is 743 g/mol. The van der Waals surface area contributed by atoms with E-state index in [1.807, 2.05) is 0 Å². The van der Waals surface area contributed by atoms with Crippen molar-refractivity contribution >= 4 is 16.9 Å². The molecule has 4 saturated carbocycles. The van der Waals surface area contributed by atoms with E-state index in [0.29, 0.717) is 0 Å². The molecule has 0 saturated heterocycles. The van der Waals surface area contributed by atoms with Crippen molar-refractivity contribution in [1.82, 2.24) is 0 Å². The molecule has 0 heterocycles. The Bertz CT molecular complexity index is 2590. The molecular weight excluding hydrogens is 687 g/mol. The number of hydrogen-bond acceptors (Lipinski definition) is 1. The van der Waals surface area contributed by atoms with Gasteiger partial charge in [0.05, 0.1) is 5.69 Å². The maximum absolute atomic E-state index is 2.83. The van der Waals surface area contributed by atoms with Crippen LogP contribution in [0, 0.1) is 23.7 Å². The topological polar surface area (TPSA) is 3.24 Å². The molecule has 8 aliphatic carbocycles. The van der Waals surface area contributed by atoms with Crippen LogP contribution in [0.1, 0.15) is 126 Å². The van der Waals surface area contributed by atoms with Gasteiger partial charge >= 0.3 is 0 Å². The van der Waals surface area contributed by atoms with Gasteiger partial charge in [-0.3, -0.25) is 0 Å². The van der Waals surface area contributed by atoms with Crippen molar-refractivity contribution in [3.63, 3.8) is 0 Å². The highest BCUT2D eigenvalue weighted by molar-refractivity contribution is 5.95. The van der Waals surface area contributed by atoms with Gasteiger partial charge in [-0.05, 0) is 171 Å². The summed E-state index contributed by atoms with van der Waals surface area (Å²) in [7, 11) is 0. The number of anilines is 2. The lowest BCUT2D eigenvalue weighted by Gasteiger charge is -2.46. The molecule has 4 bridgehead atoms. The van der Waals surface area contributed by atoms with Crippen molar-refractivity contribution in [2.24, 2.45) is 23.7 Å². The van der Waals surface area contributed by atoms with E-state index in [2.05, 4.69) is 162 Å². The third kappa shape index (κ3) is 4.47. The second-order valence-corrected chi connectivity index (χ2v) is 21.1. The van der Waals surface area contributed by atoms with Crippen LogP contribution in [0.4, 0.5) is 11.4 Å². The van der Waals surface area contributed by atoms with E-state index in [1.54, 1.807) is 22.3 Å². The van der Waals surface area contributed by atoms with Crippen molar-refractivity contribution in [3.8, 4) is 22.3 Å². The first-order valence-electron chi connectivity index (χ1n) is 22.3. The van der Waals surface area contributed by atoms with Crippen LogP contribution in [-0.4, -0.2) is 0 Å². The van der Waals surface area contributed by atoms with Gasteiger partial charge in [-0.15, -0.1) is 0 Å². The van der Waals surface area contributed by atoms with E-state index in [-0.39, 0.29) is 21.7 Å². The second kappa shape index (κ2) is 11.5. The summed E-state index contributed by atoms with van der Waals surface area (Å²) in [6, 6.07) is 43.0. The Morgan fingerprint density at radius 1 is 0.544 bits per heavy atom. The van der Waals surface area contributed by atoms with Gasteiger partial charge in [0.1, 0.15) is 0 Å². The molecule has 0 aliphatic heterocycles. The highest BCUT2D eigenvalue weighted by Gasteiger charge is 2.66. The molecule has 286 valence electrons. The molecule has 1 spiro atoms. The fraction of sp³-hybridized carbons (Fsp3) is 0.393. The molecule has 0 amide bonds. The van der Waals surface area contributed by atoms with Gasteiger partial charge in [-0.1, -0.05) is 133 Å². The van der Waals surface area contributed by atoms with Gasteiger partial charge in [-0.25, -0.2) is 0 Å². The van der Waals surface area contributed by atoms with Crippen molar-refractivity contribution in [3.05, 3.63) is 160 Å². The third-order valence-electron chi connectivity index (χ3n) is 17.0. The van der Waals surface area contributed by atoms with Gasteiger partial charge in [0.2, 0.25) is 0 Å². The van der Waals surface area contributed by atoms with E-state index >= 15 is 0 Å². The largest absolute Gasteiger partial charge is 0.313 e. The van der Waals surface area contributed by atoms with Gasteiger partial charge in [0.15, 0.2) is 0 Å². The van der Waals surface area contributed by atoms with Gasteiger partial charge in [-0.2, -0.15) is 0 Å². The molecule has 5 atom stereocenters. The zero-order valence-electron chi connectivity index (χ0n) is 34.9. The van der Waals surface area contributed by atoms with Crippen molar-refractivity contribution in [2.75, 3.05) is 4.90 Å². The summed E-state index contributed by atoms with van der Waals surface area (Å²) in [5.41, 5.74) is 22.5. The lowest BCUT2D eigenvalue weighted by Crippen LogP contribution is -2.40. The first-order valence-corrected chi connectivity index (χ1v) is 22.3. The molecular formula is C56H57N. The van der Waals surface area contributed by atoms with E-state index in [9.17, 15) is 0 Å². The maximum atomic E-state index is 2.83. The number of hydrogen-bond donors (Lipinski definition) is 0. The average Bonchev–Trinajstić information content (AvgIpc) is 3.83. The summed E-state index contributed by atoms with van der Waals surface area (Å²) in [5.74, 6) is 3.27. The Morgan fingerprint density at radius 3 is 2.07 bits per heavy atom. The standard InChI is InChI=1S/C56H57N/c1-53(2)25-26-54(3,4)52-46(53)21-14-22-50(52)57(38-23-24-41-39-17-10-12-19-44(39)55(5,6)48(41)31-38)51-33-49-43(32-42(51)35-15-8-7-9-16-35)40-18-11-13-20-45(40)56(49)37-28-34-27-36(30-37)47(56)29-34/h7-22,31-34,36-37,47H,23-30H2,1-6H3. The van der Waals surface area contributed by atoms with Gasteiger partial charge in [0.25, 0.3) is 0 Å². The number of nitrogens with zero attached hydrogens (tertiary/aromatic N) is 1. The molecule has 0 N–H and O–H groups in total. The minimum atomic E-state index is -0.0470. The van der Waals surface area contributed by atoms with Crippen LogP contribution in [0.5, 0.6) is 0 Å². The van der Waals surface area contributed by atoms with Crippen molar-refractivity contribution < 1.29 is 0 Å². The minimum absolute atomic E-state index is 0.0470. The Balaban J connectivity index is 1.18. The highest BCUT2D eigenvalue weighted by atomic mass is 15.2. The molecule has 4 fully saturated rings. The first kappa shape index (κ1) is 34.4. The summed E-state index contributed by atoms with van der Waals surface area (Å²) in [5, 5.41) is 0. The lowest BCUT2D eigenvalue weighted by atomic mass is 9.59. The second-order valence-electron chi connectivity index (χ2n) is 21.1. The fourth-order valence-corrected chi connectivity index (χ4v) is 14.5. The van der Waals surface area contributed by atoms with Crippen molar-refractivity contribution in [2.45, 2.75) is 115 Å². The van der Waals surface area contributed by atoms with Crippen LogP contribution < -0.4 is 4.90 Å². The number of allylic oxidation sites excluding steroid dienone is 4. The predicted octanol–water partition coefficient (Wildman–Crippen LogP) is 14.6. The molecule has 13 rings (SSSR count). The summed E-state index contributed by atoms with van der Waals surface area (Å²) >= 11 is 0. The highest BCUT2D eigenvalue weighted by Crippen LogP contribution is 2.73. The zero-order valence-corrected chi connectivity index (χ0v) is 34.9. The minimum Gasteiger partial charge on any atom is -0.313 e. The lowest BCUT2D eigenvalue weighted by molar-refractivity contribution is 0.191. The summed E-state index contributed by atoms with van der Waals surface area (Å²) < 4.78 is 0. The first-order chi connectivity index (χ1) is 27.5. The molecule has 0 aromatic heterocycles. The van der Waals surface area contributed by atoms with Crippen LogP contribution >= 0.6 is 0 Å². The Hall–Kier alpha value is -4.62. The van der Waals surface area contributed by atoms with Crippen LogP contribution in [0.3, 0.4) is 0 Å². The molecule has 0 radical (unpaired) electrons. The number of benzene rings is 5. The third-order valence-corrected chi connectivity index (χ3v) is 17.0. The summed E-state index contributed by atoms with van der Waals surface area (Å²) in [4.78, 5) is 2.83. The van der Waals surface area contributed by atoms with Crippen LogP contribution in [0.15, 0.2) is 127 Å². The summed E-state index contributed by atoms with van der Waals surface area (Å²) in [6.07, 6.45) is 12.8. The van der Waals surface area contributed by atoms with Gasteiger partial charge < -0.3 is 4.90 Å². The maximum Gasteiger partial charge on any atom is 0.0540 e. The normalized spacial score (nSPS) is 28.5. The van der Waals surface area contributed by atoms with Crippen LogP contribution in [0.25, 0.3) is 27.8 Å². The number of rotatable bonds is 4. The predicted molar refractivity (Wildman–Crippen MR) is 238 cm³/mol. The Kier molecular flexibility index (Phi) is 6.96. The molecule has 1 heteroatoms. The SMILES string of the molecule is CC1(C)CCC(C)(C)c2c(N(C3=CC4=C(CC3)c3ccccc3C4(C)C)c3cc4c(cc3-c3ccccc3)-c3ccccc3C43C4CC5CC(C4)C3C5)cccc21. The smallest absolute Gasteiger partial charge is 0.0540 e. The van der Waals surface area contributed by atoms with E-state index in [1.165, 1.54) is 100 Å². The molecule has 57 heavy (non-hydrogen) atoms. The molecule has 5 aromatic carbocycles. The molecule has 1 nitrogen and oxygen atoms in total. The number of fused-ring (bicyclic) bond motifs is 6. The van der Waals surface area contributed by atoms with E-state index in [4.69, 9.17) is 0 Å². The van der Waals surface area contributed by atoms with E-state index < -0.39 is 0 Å². The molecule has 5 unspecified atom stereocenters. The molecule has 8 aliphatic rings. The molecule has 5 aromatic rings. The quantitative estimate of drug-likeness (QED) is 0.177. The van der Waals surface area contributed by atoms with Crippen LogP contribution in [-0.2, 0) is 21.7 Å². The van der Waals surface area contributed by atoms with Crippen LogP contribution in [0.2, 0.25) is 0 Å². The summed E-state index contributed by atoms with van der Waals surface area (Å²) in [6.45, 7) is 14.9. The van der Waals surface area contributed by atoms with E-state index in [0.717, 1.165) is 36.5 Å². The fourth-order valence-electron chi connectivity index (χ4n) is 14.5. The average molecular weight is 744 g/mol. The van der Waals surface area contributed by atoms with Crippen molar-refractivity contribution in [1.29, 1.82) is 0 Å². The zero-order chi connectivity index (χ0) is 38.6. The Morgan fingerprint density at radius 2 is 1.26 bits per heavy atom. The Labute approximate surface area is 340 Å². The van der Waals surface area contributed by atoms with Gasteiger partial charge in [0, 0.05) is 27.8 Å².